The summed E-state index contributed by atoms with van der Waals surface area (Å²) in [5.41, 5.74) is 1.99. The van der Waals surface area contributed by atoms with Crippen molar-refractivity contribution >= 4 is 15.9 Å². The number of halogens is 3. The summed E-state index contributed by atoms with van der Waals surface area (Å²) < 4.78 is 62.7. The van der Waals surface area contributed by atoms with Crippen LogP contribution in [-0.4, -0.2) is 72.1 Å². The second-order valence-corrected chi connectivity index (χ2v) is 11.9. The average Bonchev–Trinajstić information content (AvgIpc) is 3.54. The maximum Gasteiger partial charge on any atom is 0.416 e. The number of amides is 2. The summed E-state index contributed by atoms with van der Waals surface area (Å²) in [5.74, 6) is 0.177. The molecule has 1 aliphatic carbocycles. The molecule has 2 aliphatic heterocycles. The van der Waals surface area contributed by atoms with E-state index < -0.39 is 21.6 Å². The zero-order valence-electron chi connectivity index (χ0n) is 18.6. The van der Waals surface area contributed by atoms with Crippen LogP contribution in [0.5, 0.6) is 0 Å². The van der Waals surface area contributed by atoms with E-state index in [2.05, 4.69) is 10.2 Å². The van der Waals surface area contributed by atoms with Crippen molar-refractivity contribution in [1.82, 2.24) is 20.0 Å². The fourth-order valence-corrected chi connectivity index (χ4v) is 6.13. The molecule has 184 valence electrons. The number of nitrogens with one attached hydrogen (secondary N) is 1. The summed E-state index contributed by atoms with van der Waals surface area (Å²) in [6.45, 7) is 1.11. The number of hydrogen-bond acceptors (Lipinski definition) is 4. The molecule has 3 aliphatic rings. The number of benzene rings is 1. The van der Waals surface area contributed by atoms with Gasteiger partial charge < -0.3 is 9.80 Å². The van der Waals surface area contributed by atoms with Gasteiger partial charge in [0.15, 0.2) is 9.84 Å². The Hall–Kier alpha value is -2.56. The number of carbonyl (C=O) groups is 1. The minimum Gasteiger partial charge on any atom is -0.323 e. The number of rotatable bonds is 3. The number of sulfone groups is 1. The van der Waals surface area contributed by atoms with Gasteiger partial charge in [-0.1, -0.05) is 12.1 Å². The summed E-state index contributed by atoms with van der Waals surface area (Å²) in [6.07, 6.45) is -1.48. The summed E-state index contributed by atoms with van der Waals surface area (Å²) >= 11 is 0. The van der Waals surface area contributed by atoms with Gasteiger partial charge in [0.2, 0.25) is 0 Å². The number of H-pyrrole nitrogens is 1. The second-order valence-electron chi connectivity index (χ2n) is 9.60. The first kappa shape index (κ1) is 23.2. The van der Waals surface area contributed by atoms with Gasteiger partial charge in [-0.05, 0) is 43.0 Å². The SMILES string of the molecule is O=C(N1CCS(=O)(=O)CC1)N1CC(c2ccc(C(F)(F)F)cc2)CC(c2cc(C3CC3)[nH]n2)C1. The van der Waals surface area contributed by atoms with Crippen LogP contribution in [0.15, 0.2) is 30.3 Å². The Bertz CT molecular complexity index is 1140. The normalized spacial score (nSPS) is 25.4. The summed E-state index contributed by atoms with van der Waals surface area (Å²) in [4.78, 5) is 16.6. The minimum atomic E-state index is -4.40. The Morgan fingerprint density at radius 3 is 2.24 bits per heavy atom. The third-order valence-corrected chi connectivity index (χ3v) is 8.71. The van der Waals surface area contributed by atoms with Crippen molar-refractivity contribution in [3.63, 3.8) is 0 Å². The van der Waals surface area contributed by atoms with E-state index in [4.69, 9.17) is 0 Å². The van der Waals surface area contributed by atoms with Crippen molar-refractivity contribution in [3.8, 4) is 0 Å². The van der Waals surface area contributed by atoms with E-state index in [0.29, 0.717) is 25.4 Å². The smallest absolute Gasteiger partial charge is 0.323 e. The van der Waals surface area contributed by atoms with Gasteiger partial charge in [-0.2, -0.15) is 18.3 Å². The molecule has 0 radical (unpaired) electrons. The molecule has 0 spiro atoms. The Labute approximate surface area is 196 Å². The molecule has 1 N–H and O–H groups in total. The minimum absolute atomic E-state index is 0.0531. The van der Waals surface area contributed by atoms with Crippen LogP contribution in [0.2, 0.25) is 0 Å². The highest BCUT2D eigenvalue weighted by atomic mass is 32.2. The van der Waals surface area contributed by atoms with E-state index in [1.165, 1.54) is 12.1 Å². The fourth-order valence-electron chi connectivity index (χ4n) is 4.92. The van der Waals surface area contributed by atoms with Crippen LogP contribution < -0.4 is 0 Å². The summed E-state index contributed by atoms with van der Waals surface area (Å²) in [6, 6.07) is 6.97. The van der Waals surface area contributed by atoms with Gasteiger partial charge in [-0.25, -0.2) is 13.2 Å². The molecule has 2 atom stereocenters. The molecule has 3 heterocycles. The number of aromatic amines is 1. The van der Waals surface area contributed by atoms with Crippen molar-refractivity contribution in [1.29, 1.82) is 0 Å². The van der Waals surface area contributed by atoms with E-state index >= 15 is 0 Å². The summed E-state index contributed by atoms with van der Waals surface area (Å²) in [5, 5.41) is 7.60. The highest BCUT2D eigenvalue weighted by Crippen LogP contribution is 2.41. The zero-order chi connectivity index (χ0) is 24.1. The van der Waals surface area contributed by atoms with Crippen LogP contribution in [0, 0.1) is 0 Å². The predicted octanol–water partition coefficient (Wildman–Crippen LogP) is 3.73. The number of hydrogen-bond donors (Lipinski definition) is 1. The highest BCUT2D eigenvalue weighted by molar-refractivity contribution is 7.91. The quantitative estimate of drug-likeness (QED) is 0.702. The van der Waals surface area contributed by atoms with Crippen molar-refractivity contribution in [2.24, 2.45) is 0 Å². The number of alkyl halides is 3. The van der Waals surface area contributed by atoms with E-state index in [1.807, 2.05) is 6.07 Å². The molecule has 2 aromatic rings. The monoisotopic (exact) mass is 496 g/mol. The lowest BCUT2D eigenvalue weighted by Gasteiger charge is -2.40. The molecule has 1 aromatic carbocycles. The van der Waals surface area contributed by atoms with E-state index in [1.54, 1.807) is 9.80 Å². The number of carbonyl (C=O) groups excluding carboxylic acids is 1. The molecule has 1 aromatic heterocycles. The van der Waals surface area contributed by atoms with Gasteiger partial charge in [0.05, 0.1) is 22.8 Å². The van der Waals surface area contributed by atoms with Gasteiger partial charge >= 0.3 is 12.2 Å². The molecule has 7 nitrogen and oxygen atoms in total. The van der Waals surface area contributed by atoms with Crippen LogP contribution in [-0.2, 0) is 16.0 Å². The molecule has 5 rings (SSSR count). The van der Waals surface area contributed by atoms with Gasteiger partial charge in [0.25, 0.3) is 0 Å². The lowest BCUT2D eigenvalue weighted by molar-refractivity contribution is -0.137. The Kier molecular flexibility index (Phi) is 5.86. The molecule has 3 fully saturated rings. The molecule has 1 saturated carbocycles. The predicted molar refractivity (Wildman–Crippen MR) is 119 cm³/mol. The molecule has 2 unspecified atom stereocenters. The van der Waals surface area contributed by atoms with Crippen LogP contribution in [0.25, 0.3) is 0 Å². The van der Waals surface area contributed by atoms with Crippen molar-refractivity contribution in [3.05, 3.63) is 52.8 Å². The maximum atomic E-state index is 13.3. The third kappa shape index (κ3) is 4.94. The number of likely N-dealkylation sites (tertiary alicyclic amines) is 1. The van der Waals surface area contributed by atoms with Crippen LogP contribution >= 0.6 is 0 Å². The Balaban J connectivity index is 1.38. The van der Waals surface area contributed by atoms with Crippen LogP contribution in [0.3, 0.4) is 0 Å². The second kappa shape index (κ2) is 8.58. The molecule has 0 bridgehead atoms. The van der Waals surface area contributed by atoms with E-state index in [9.17, 15) is 26.4 Å². The van der Waals surface area contributed by atoms with E-state index in [0.717, 1.165) is 41.9 Å². The maximum absolute atomic E-state index is 13.3. The lowest BCUT2D eigenvalue weighted by atomic mass is 9.82. The molecule has 2 amide bonds. The van der Waals surface area contributed by atoms with Gasteiger partial charge in [0, 0.05) is 49.6 Å². The Morgan fingerprint density at radius 1 is 0.971 bits per heavy atom. The summed E-state index contributed by atoms with van der Waals surface area (Å²) in [7, 11) is -3.12. The first-order valence-corrected chi connectivity index (χ1v) is 13.4. The highest BCUT2D eigenvalue weighted by Gasteiger charge is 2.37. The lowest BCUT2D eigenvalue weighted by Crippen LogP contribution is -2.53. The number of aromatic nitrogens is 2. The zero-order valence-corrected chi connectivity index (χ0v) is 19.4. The van der Waals surface area contributed by atoms with Gasteiger partial charge in [0.1, 0.15) is 0 Å². The largest absolute Gasteiger partial charge is 0.416 e. The molecule has 11 heteroatoms. The topological polar surface area (TPSA) is 86.4 Å². The Morgan fingerprint density at radius 2 is 1.62 bits per heavy atom. The van der Waals surface area contributed by atoms with Crippen LogP contribution in [0.4, 0.5) is 18.0 Å². The standard InChI is InChI=1S/C23H27F3N4O3S/c24-23(25,26)19-5-3-15(4-6-19)17-11-18(21-12-20(27-28-21)16-1-2-16)14-30(13-17)22(31)29-7-9-34(32,33)10-8-29/h3-6,12,16-18H,1-2,7-11,13-14H2,(H,27,28). The van der Waals surface area contributed by atoms with Gasteiger partial charge in [-0.15, -0.1) is 0 Å². The molecular weight excluding hydrogens is 469 g/mol. The molecule has 2 saturated heterocycles. The van der Waals surface area contributed by atoms with Crippen molar-refractivity contribution < 1.29 is 26.4 Å². The van der Waals surface area contributed by atoms with Gasteiger partial charge in [-0.3, -0.25) is 5.10 Å². The number of nitrogens with zero attached hydrogens (tertiary/aromatic N) is 3. The number of urea groups is 1. The first-order valence-electron chi connectivity index (χ1n) is 11.6. The average molecular weight is 497 g/mol. The van der Waals surface area contributed by atoms with Crippen LogP contribution in [0.1, 0.15) is 59.5 Å². The first-order chi connectivity index (χ1) is 16.1. The van der Waals surface area contributed by atoms with E-state index in [-0.39, 0.29) is 42.5 Å². The molecule has 34 heavy (non-hydrogen) atoms. The third-order valence-electron chi connectivity index (χ3n) is 7.10. The van der Waals surface area contributed by atoms with Crippen molar-refractivity contribution in [2.75, 3.05) is 37.7 Å². The fraction of sp³-hybridized carbons (Fsp3) is 0.565. The van der Waals surface area contributed by atoms with Crippen molar-refractivity contribution in [2.45, 2.75) is 43.2 Å². The molecular formula is C23H27F3N4O3S. The number of piperidine rings is 1.